The lowest BCUT2D eigenvalue weighted by atomic mass is 10.0. The van der Waals surface area contributed by atoms with Gasteiger partial charge >= 0.3 is 0 Å². The molecule has 0 saturated carbocycles. The van der Waals surface area contributed by atoms with E-state index in [4.69, 9.17) is 26.8 Å². The van der Waals surface area contributed by atoms with Crippen LogP contribution in [0.15, 0.2) is 77.2 Å². The number of hydrogen-bond acceptors (Lipinski definition) is 8. The van der Waals surface area contributed by atoms with E-state index in [0.717, 1.165) is 30.6 Å². The average molecular weight is 579 g/mol. The van der Waals surface area contributed by atoms with Crippen LogP contribution in [0.3, 0.4) is 0 Å². The molecule has 1 amide bonds. The second kappa shape index (κ2) is 10.3. The molecule has 11 nitrogen and oxygen atoms in total. The summed E-state index contributed by atoms with van der Waals surface area (Å²) in [7, 11) is -4.25. The van der Waals surface area contributed by atoms with Crippen LogP contribution in [0.1, 0.15) is 22.6 Å². The summed E-state index contributed by atoms with van der Waals surface area (Å²) < 4.78 is 41.4. The summed E-state index contributed by atoms with van der Waals surface area (Å²) in [6, 6.07) is 8.84. The molecule has 1 aromatic carbocycles. The number of nitrogens with one attached hydrogen (secondary N) is 1. The van der Waals surface area contributed by atoms with Crippen molar-refractivity contribution in [2.45, 2.75) is 29.2 Å². The number of aromatic nitrogens is 5. The lowest BCUT2D eigenvalue weighted by molar-refractivity contribution is 0.0997. The Bertz CT molecular complexity index is 1850. The zero-order valence-electron chi connectivity index (χ0n) is 21.0. The molecule has 0 aliphatic carbocycles. The molecule has 40 heavy (non-hydrogen) atoms. The van der Waals surface area contributed by atoms with Crippen molar-refractivity contribution in [1.29, 1.82) is 0 Å². The van der Waals surface area contributed by atoms with Gasteiger partial charge in [-0.15, -0.1) is 0 Å². The van der Waals surface area contributed by atoms with Crippen molar-refractivity contribution in [3.8, 4) is 17.4 Å². The topological polar surface area (TPSA) is 155 Å². The van der Waals surface area contributed by atoms with Crippen LogP contribution in [0.5, 0.6) is 17.4 Å². The summed E-state index contributed by atoms with van der Waals surface area (Å²) in [5, 5.41) is 0.777. The van der Waals surface area contributed by atoms with Crippen molar-refractivity contribution in [1.82, 2.24) is 24.5 Å². The normalized spacial score (nSPS) is 15.1. The number of nitrogens with zero attached hydrogens (tertiary/aromatic N) is 4. The molecule has 1 atom stereocenters. The number of carbonyl (C=O) groups is 1. The van der Waals surface area contributed by atoms with E-state index in [-0.39, 0.29) is 43.7 Å². The van der Waals surface area contributed by atoms with E-state index in [1.807, 2.05) is 6.20 Å². The molecular weight excluding hydrogens is 556 g/mol. The van der Waals surface area contributed by atoms with E-state index >= 15 is 0 Å². The summed E-state index contributed by atoms with van der Waals surface area (Å²) in [4.78, 5) is 27.5. The highest BCUT2D eigenvalue weighted by Crippen LogP contribution is 2.37. The number of carbonyl (C=O) groups excluding carboxylic acids is 1. The first-order chi connectivity index (χ1) is 19.3. The number of ether oxygens (including phenoxy) is 2. The highest BCUT2D eigenvalue weighted by molar-refractivity contribution is 7.91. The third kappa shape index (κ3) is 4.87. The van der Waals surface area contributed by atoms with Gasteiger partial charge in [-0.25, -0.2) is 23.4 Å². The van der Waals surface area contributed by atoms with Crippen LogP contribution in [0.25, 0.3) is 11.0 Å². The molecule has 0 spiro atoms. The average Bonchev–Trinajstić information content (AvgIpc) is 3.61. The Labute approximate surface area is 233 Å². The molecule has 0 radical (unpaired) electrons. The molecule has 0 bridgehead atoms. The van der Waals surface area contributed by atoms with Gasteiger partial charge in [0.2, 0.25) is 15.7 Å². The Morgan fingerprint density at radius 1 is 1.18 bits per heavy atom. The number of rotatable bonds is 8. The third-order valence-corrected chi connectivity index (χ3v) is 8.73. The summed E-state index contributed by atoms with van der Waals surface area (Å²) in [5.74, 6) is 0.562. The van der Waals surface area contributed by atoms with Crippen LogP contribution < -0.4 is 15.2 Å². The van der Waals surface area contributed by atoms with Crippen LogP contribution >= 0.6 is 11.6 Å². The summed E-state index contributed by atoms with van der Waals surface area (Å²) >= 11 is 6.42. The number of fused-ring (bicyclic) bond motifs is 2. The van der Waals surface area contributed by atoms with Crippen LogP contribution in [-0.2, 0) is 22.8 Å². The largest absolute Gasteiger partial charge is 0.476 e. The van der Waals surface area contributed by atoms with Crippen molar-refractivity contribution >= 4 is 38.4 Å². The van der Waals surface area contributed by atoms with Crippen molar-refractivity contribution in [2.75, 3.05) is 6.61 Å². The minimum Gasteiger partial charge on any atom is -0.476 e. The fourth-order valence-electron chi connectivity index (χ4n) is 4.68. The van der Waals surface area contributed by atoms with Gasteiger partial charge in [-0.1, -0.05) is 17.7 Å². The molecule has 0 fully saturated rings. The van der Waals surface area contributed by atoms with Gasteiger partial charge in [0.15, 0.2) is 5.75 Å². The van der Waals surface area contributed by atoms with Gasteiger partial charge in [0.1, 0.15) is 27.1 Å². The number of hydrogen-bond donors (Lipinski definition) is 2. The maximum Gasteiger partial charge on any atom is 0.252 e. The first-order valence-electron chi connectivity index (χ1n) is 12.4. The number of H-pyrrole nitrogens is 1. The Morgan fingerprint density at radius 2 is 2.05 bits per heavy atom. The van der Waals surface area contributed by atoms with Crippen LogP contribution in [-0.4, -0.2) is 45.4 Å². The van der Waals surface area contributed by atoms with E-state index in [1.54, 1.807) is 24.5 Å². The van der Waals surface area contributed by atoms with Gasteiger partial charge in [-0.2, -0.15) is 0 Å². The molecule has 1 unspecified atom stereocenters. The molecular formula is C27H23ClN6O5S. The molecule has 1 aliphatic rings. The van der Waals surface area contributed by atoms with Crippen molar-refractivity contribution in [2.24, 2.45) is 11.7 Å². The number of primary amides is 1. The van der Waals surface area contributed by atoms with Crippen molar-refractivity contribution in [3.63, 3.8) is 0 Å². The maximum atomic E-state index is 13.7. The molecule has 6 rings (SSSR count). The quantitative estimate of drug-likeness (QED) is 0.278. The van der Waals surface area contributed by atoms with E-state index in [1.165, 1.54) is 36.7 Å². The fraction of sp³-hybridized carbons (Fsp3) is 0.185. The van der Waals surface area contributed by atoms with E-state index < -0.39 is 15.7 Å². The SMILES string of the molecule is NC(=O)c1cccc(S(=O)(=O)c2cnc(OCC3CCc4nccn4C3)c(Cl)c2)c1Oc1cnc2[nH]ccc2c1. The minimum atomic E-state index is -4.25. The Balaban J connectivity index is 1.27. The van der Waals surface area contributed by atoms with E-state index in [9.17, 15) is 13.2 Å². The number of imidazole rings is 1. The van der Waals surface area contributed by atoms with Crippen molar-refractivity contribution < 1.29 is 22.7 Å². The smallest absolute Gasteiger partial charge is 0.252 e. The second-order valence-corrected chi connectivity index (χ2v) is 11.7. The third-order valence-electron chi connectivity index (χ3n) is 6.71. The lowest BCUT2D eigenvalue weighted by Gasteiger charge is -2.23. The molecule has 5 heterocycles. The summed E-state index contributed by atoms with van der Waals surface area (Å²) in [5.41, 5.74) is 6.08. The molecule has 204 valence electrons. The number of sulfone groups is 1. The van der Waals surface area contributed by atoms with Crippen LogP contribution in [0.2, 0.25) is 5.02 Å². The summed E-state index contributed by atoms with van der Waals surface area (Å²) in [6.07, 6.45) is 9.77. The van der Waals surface area contributed by atoms with Gasteiger partial charge in [0, 0.05) is 42.9 Å². The fourth-order valence-corrected chi connectivity index (χ4v) is 6.34. The standard InChI is InChI=1S/C27H23ClN6O5S/c28-21-11-19(13-33-27(21)38-15-16-4-5-23-30-8-9-34(23)14-16)40(36,37)22-3-1-2-20(25(29)35)24(22)39-18-10-17-6-7-31-26(17)32-12-18/h1-3,6-13,16H,4-5,14-15H2,(H2,29,35)(H,31,32). The number of para-hydroxylation sites is 1. The van der Waals surface area contributed by atoms with E-state index in [2.05, 4.69) is 24.5 Å². The van der Waals surface area contributed by atoms with Gasteiger partial charge in [-0.3, -0.25) is 4.79 Å². The number of amides is 1. The molecule has 1 aliphatic heterocycles. The molecule has 5 aromatic rings. The molecule has 4 aromatic heterocycles. The number of aromatic amines is 1. The molecule has 0 saturated heterocycles. The van der Waals surface area contributed by atoms with E-state index in [0.29, 0.717) is 12.3 Å². The Hall–Kier alpha value is -4.42. The van der Waals surface area contributed by atoms with Gasteiger partial charge in [0.25, 0.3) is 5.91 Å². The molecule has 3 N–H and O–H groups in total. The number of nitrogens with two attached hydrogens (primary N) is 1. The predicted molar refractivity (Wildman–Crippen MR) is 145 cm³/mol. The summed E-state index contributed by atoms with van der Waals surface area (Å²) in [6.45, 7) is 1.14. The highest BCUT2D eigenvalue weighted by atomic mass is 35.5. The number of halogens is 1. The number of benzene rings is 1. The molecule has 13 heteroatoms. The zero-order valence-corrected chi connectivity index (χ0v) is 22.5. The second-order valence-electron chi connectivity index (χ2n) is 9.36. The Kier molecular flexibility index (Phi) is 6.64. The van der Waals surface area contributed by atoms with Crippen LogP contribution in [0.4, 0.5) is 0 Å². The van der Waals surface area contributed by atoms with Crippen LogP contribution in [0, 0.1) is 5.92 Å². The van der Waals surface area contributed by atoms with Gasteiger partial charge in [0.05, 0.1) is 29.5 Å². The lowest BCUT2D eigenvalue weighted by Crippen LogP contribution is -2.25. The first-order valence-corrected chi connectivity index (χ1v) is 14.2. The highest BCUT2D eigenvalue weighted by Gasteiger charge is 2.28. The zero-order chi connectivity index (χ0) is 27.9. The number of pyridine rings is 2. The predicted octanol–water partition coefficient (Wildman–Crippen LogP) is 4.17. The number of aryl methyl sites for hydroxylation is 1. The Morgan fingerprint density at radius 3 is 2.88 bits per heavy atom. The monoisotopic (exact) mass is 578 g/mol. The minimum absolute atomic E-state index is 0.0378. The first kappa shape index (κ1) is 25.8. The van der Waals surface area contributed by atoms with Gasteiger partial charge < -0.3 is 24.8 Å². The van der Waals surface area contributed by atoms with Crippen molar-refractivity contribution in [3.05, 3.63) is 83.8 Å². The maximum absolute atomic E-state index is 13.7. The van der Waals surface area contributed by atoms with Gasteiger partial charge in [-0.05, 0) is 36.8 Å².